The van der Waals surface area contributed by atoms with Gasteiger partial charge in [0, 0.05) is 31.1 Å². The molecule has 2 aromatic rings. The second-order valence-corrected chi connectivity index (χ2v) is 7.45. The Kier molecular flexibility index (Phi) is 7.11. The van der Waals surface area contributed by atoms with Crippen LogP contribution in [0.4, 0.5) is 0 Å². The summed E-state index contributed by atoms with van der Waals surface area (Å²) in [6.07, 6.45) is 2.55. The number of hydrogen-bond acceptors (Lipinski definition) is 4. The molecule has 0 aliphatic carbocycles. The number of amides is 2. The first kappa shape index (κ1) is 20.7. The van der Waals surface area contributed by atoms with Crippen LogP contribution in [0.25, 0.3) is 0 Å². The molecule has 1 fully saturated rings. The third-order valence-electron chi connectivity index (χ3n) is 5.08. The molecule has 154 valence electrons. The van der Waals surface area contributed by atoms with Gasteiger partial charge in [-0.15, -0.1) is 0 Å². The van der Waals surface area contributed by atoms with Gasteiger partial charge in [-0.25, -0.2) is 0 Å². The molecule has 1 aliphatic heterocycles. The molecule has 0 bridgehead atoms. The molecule has 2 N–H and O–H groups in total. The van der Waals surface area contributed by atoms with Crippen LogP contribution in [0.3, 0.4) is 0 Å². The van der Waals surface area contributed by atoms with Crippen molar-refractivity contribution >= 4 is 11.8 Å². The molecule has 0 spiro atoms. The first-order chi connectivity index (χ1) is 14.0. The van der Waals surface area contributed by atoms with E-state index in [1.165, 1.54) is 11.6 Å². The standard InChI is InChI=1S/C23H28N2O4/c1-17-7-9-21(10-8-17)29-15-3-6-22(27)24-19-11-13-25(14-12-19)23(28)18-4-2-5-20(26)16-18/h2,4-5,7-10,16,19,26H,3,6,11-15H2,1H3,(H,24,27). The number of carbonyl (C=O) groups is 2. The highest BCUT2D eigenvalue weighted by Crippen LogP contribution is 2.17. The predicted molar refractivity (Wildman–Crippen MR) is 111 cm³/mol. The Hall–Kier alpha value is -3.02. The number of nitrogens with one attached hydrogen (secondary N) is 1. The van der Waals surface area contributed by atoms with Crippen LogP contribution in [0.15, 0.2) is 48.5 Å². The minimum Gasteiger partial charge on any atom is -0.508 e. The highest BCUT2D eigenvalue weighted by atomic mass is 16.5. The number of aromatic hydroxyl groups is 1. The zero-order valence-electron chi connectivity index (χ0n) is 16.8. The summed E-state index contributed by atoms with van der Waals surface area (Å²) in [6, 6.07) is 14.3. The Morgan fingerprint density at radius 2 is 1.86 bits per heavy atom. The Bertz CT molecular complexity index is 827. The molecule has 1 saturated heterocycles. The van der Waals surface area contributed by atoms with Gasteiger partial charge in [-0.3, -0.25) is 9.59 Å². The Labute approximate surface area is 171 Å². The first-order valence-electron chi connectivity index (χ1n) is 10.1. The molecule has 29 heavy (non-hydrogen) atoms. The lowest BCUT2D eigenvalue weighted by Crippen LogP contribution is -2.46. The van der Waals surface area contributed by atoms with Crippen LogP contribution in [-0.2, 0) is 4.79 Å². The summed E-state index contributed by atoms with van der Waals surface area (Å²) in [7, 11) is 0. The number of piperidine rings is 1. The zero-order chi connectivity index (χ0) is 20.6. The molecule has 2 amide bonds. The topological polar surface area (TPSA) is 78.9 Å². The van der Waals surface area contributed by atoms with Gasteiger partial charge in [-0.2, -0.15) is 0 Å². The summed E-state index contributed by atoms with van der Waals surface area (Å²) in [4.78, 5) is 26.4. The molecule has 6 heteroatoms. The van der Waals surface area contributed by atoms with Crippen LogP contribution >= 0.6 is 0 Å². The second kappa shape index (κ2) is 9.96. The normalized spacial score (nSPS) is 14.4. The Morgan fingerprint density at radius 3 is 2.55 bits per heavy atom. The Morgan fingerprint density at radius 1 is 1.14 bits per heavy atom. The third kappa shape index (κ3) is 6.24. The Balaban J connectivity index is 1.34. The maximum Gasteiger partial charge on any atom is 0.253 e. The van der Waals surface area contributed by atoms with Gasteiger partial charge in [0.2, 0.25) is 5.91 Å². The molecule has 6 nitrogen and oxygen atoms in total. The van der Waals surface area contributed by atoms with Crippen molar-refractivity contribution in [2.24, 2.45) is 0 Å². The molecule has 1 aliphatic rings. The van der Waals surface area contributed by atoms with Crippen LogP contribution in [-0.4, -0.2) is 47.6 Å². The average Bonchev–Trinajstić information content (AvgIpc) is 2.72. The molecule has 1 heterocycles. The number of likely N-dealkylation sites (tertiary alicyclic amines) is 1. The molecule has 0 saturated carbocycles. The summed E-state index contributed by atoms with van der Waals surface area (Å²) >= 11 is 0. The third-order valence-corrected chi connectivity index (χ3v) is 5.08. The summed E-state index contributed by atoms with van der Waals surface area (Å²) in [5.74, 6) is 0.846. The fourth-order valence-corrected chi connectivity index (χ4v) is 3.41. The molecule has 3 rings (SSSR count). The number of carbonyl (C=O) groups excluding carboxylic acids is 2. The number of nitrogens with zero attached hydrogens (tertiary/aromatic N) is 1. The maximum atomic E-state index is 12.5. The van der Waals surface area contributed by atoms with Crippen LogP contribution in [0.5, 0.6) is 11.5 Å². The van der Waals surface area contributed by atoms with E-state index in [0.717, 1.165) is 18.6 Å². The van der Waals surface area contributed by atoms with E-state index in [1.807, 2.05) is 31.2 Å². The van der Waals surface area contributed by atoms with Crippen molar-refractivity contribution in [3.63, 3.8) is 0 Å². The number of aryl methyl sites for hydroxylation is 1. The van der Waals surface area contributed by atoms with Crippen molar-refractivity contribution in [1.82, 2.24) is 10.2 Å². The van der Waals surface area contributed by atoms with Crippen molar-refractivity contribution < 1.29 is 19.4 Å². The highest BCUT2D eigenvalue weighted by molar-refractivity contribution is 5.94. The monoisotopic (exact) mass is 396 g/mol. The minimum absolute atomic E-state index is 0.0234. The van der Waals surface area contributed by atoms with Gasteiger partial charge in [0.05, 0.1) is 6.61 Å². The van der Waals surface area contributed by atoms with Gasteiger partial charge >= 0.3 is 0 Å². The van der Waals surface area contributed by atoms with Crippen molar-refractivity contribution in [3.8, 4) is 11.5 Å². The molecular weight excluding hydrogens is 368 g/mol. The van der Waals surface area contributed by atoms with E-state index in [4.69, 9.17) is 4.74 Å². The van der Waals surface area contributed by atoms with Gasteiger partial charge in [-0.05, 0) is 56.5 Å². The predicted octanol–water partition coefficient (Wildman–Crippen LogP) is 3.28. The van der Waals surface area contributed by atoms with E-state index in [1.54, 1.807) is 23.1 Å². The van der Waals surface area contributed by atoms with Crippen LogP contribution in [0, 0.1) is 6.92 Å². The second-order valence-electron chi connectivity index (χ2n) is 7.45. The molecule has 0 radical (unpaired) electrons. The van der Waals surface area contributed by atoms with Gasteiger partial charge in [-0.1, -0.05) is 23.8 Å². The van der Waals surface area contributed by atoms with Gasteiger partial charge in [0.25, 0.3) is 5.91 Å². The van der Waals surface area contributed by atoms with E-state index in [9.17, 15) is 14.7 Å². The van der Waals surface area contributed by atoms with Crippen molar-refractivity contribution in [2.45, 2.75) is 38.6 Å². The van der Waals surface area contributed by atoms with Crippen molar-refractivity contribution in [2.75, 3.05) is 19.7 Å². The molecule has 0 atom stereocenters. The quantitative estimate of drug-likeness (QED) is 0.704. The smallest absolute Gasteiger partial charge is 0.253 e. The van der Waals surface area contributed by atoms with Crippen LogP contribution < -0.4 is 10.1 Å². The summed E-state index contributed by atoms with van der Waals surface area (Å²) in [5, 5.41) is 12.6. The first-order valence-corrected chi connectivity index (χ1v) is 10.1. The summed E-state index contributed by atoms with van der Waals surface area (Å²) in [6.45, 7) is 3.72. The zero-order valence-corrected chi connectivity index (χ0v) is 16.8. The number of phenolic OH excluding ortho intramolecular Hbond substituents is 1. The molecule has 2 aromatic carbocycles. The van der Waals surface area contributed by atoms with Crippen molar-refractivity contribution in [3.05, 3.63) is 59.7 Å². The lowest BCUT2D eigenvalue weighted by Gasteiger charge is -2.32. The number of phenols is 1. The van der Waals surface area contributed by atoms with E-state index in [2.05, 4.69) is 5.32 Å². The van der Waals surface area contributed by atoms with Gasteiger partial charge < -0.3 is 20.1 Å². The SMILES string of the molecule is Cc1ccc(OCCCC(=O)NC2CCN(C(=O)c3cccc(O)c3)CC2)cc1. The fraction of sp³-hybridized carbons (Fsp3) is 0.391. The lowest BCUT2D eigenvalue weighted by molar-refractivity contribution is -0.122. The largest absolute Gasteiger partial charge is 0.508 e. The van der Waals surface area contributed by atoms with E-state index < -0.39 is 0 Å². The number of ether oxygens (including phenoxy) is 1. The number of hydrogen-bond donors (Lipinski definition) is 2. The van der Waals surface area contributed by atoms with Gasteiger partial charge in [0.15, 0.2) is 0 Å². The van der Waals surface area contributed by atoms with Gasteiger partial charge in [0.1, 0.15) is 11.5 Å². The molecular formula is C23H28N2O4. The van der Waals surface area contributed by atoms with E-state index >= 15 is 0 Å². The average molecular weight is 396 g/mol. The molecule has 0 unspecified atom stereocenters. The summed E-state index contributed by atoms with van der Waals surface area (Å²) < 4.78 is 5.65. The fourth-order valence-electron chi connectivity index (χ4n) is 3.41. The lowest BCUT2D eigenvalue weighted by atomic mass is 10.0. The minimum atomic E-state index is -0.0843. The molecule has 0 aromatic heterocycles. The van der Waals surface area contributed by atoms with E-state index in [-0.39, 0.29) is 23.6 Å². The summed E-state index contributed by atoms with van der Waals surface area (Å²) in [5.41, 5.74) is 1.67. The van der Waals surface area contributed by atoms with Crippen LogP contribution in [0.1, 0.15) is 41.6 Å². The van der Waals surface area contributed by atoms with Crippen LogP contribution in [0.2, 0.25) is 0 Å². The number of benzene rings is 2. The number of rotatable bonds is 7. The van der Waals surface area contributed by atoms with Crippen molar-refractivity contribution in [1.29, 1.82) is 0 Å². The highest BCUT2D eigenvalue weighted by Gasteiger charge is 2.24. The van der Waals surface area contributed by atoms with E-state index in [0.29, 0.717) is 38.1 Å². The maximum absolute atomic E-state index is 12.5.